The van der Waals surface area contributed by atoms with Crippen LogP contribution in [0.25, 0.3) is 0 Å². The number of carboxylic acids is 1. The van der Waals surface area contributed by atoms with Crippen molar-refractivity contribution in [3.63, 3.8) is 0 Å². The zero-order valence-corrected chi connectivity index (χ0v) is 9.77. The second kappa shape index (κ2) is 6.65. The molecule has 0 aliphatic carbocycles. The number of nitrogens with one attached hydrogen (secondary N) is 1. The Morgan fingerprint density at radius 3 is 3.06 bits per heavy atom. The van der Waals surface area contributed by atoms with Gasteiger partial charge in [0.05, 0.1) is 13.2 Å². The molecular weight excluding hydrogens is 220 g/mol. The summed E-state index contributed by atoms with van der Waals surface area (Å²) in [4.78, 5) is 14.4. The number of ether oxygens (including phenoxy) is 1. The fourth-order valence-corrected chi connectivity index (χ4v) is 1.17. The van der Waals surface area contributed by atoms with Crippen LogP contribution >= 0.6 is 0 Å². The molecule has 0 amide bonds. The summed E-state index contributed by atoms with van der Waals surface area (Å²) < 4.78 is 5.30. The van der Waals surface area contributed by atoms with E-state index < -0.39 is 5.97 Å². The summed E-state index contributed by atoms with van der Waals surface area (Å²) >= 11 is 0. The highest BCUT2D eigenvalue weighted by Gasteiger charge is 2.04. The average Bonchev–Trinajstić information content (AvgIpc) is 2.28. The van der Waals surface area contributed by atoms with Crippen molar-refractivity contribution in [3.05, 3.63) is 36.2 Å². The van der Waals surface area contributed by atoms with Gasteiger partial charge in [0.25, 0.3) is 0 Å². The number of carboxylic acid groups (broad SMARTS) is 1. The second-order valence-corrected chi connectivity index (χ2v) is 3.67. The third-order valence-corrected chi connectivity index (χ3v) is 1.90. The maximum absolute atomic E-state index is 10.7. The van der Waals surface area contributed by atoms with Crippen molar-refractivity contribution in [3.8, 4) is 0 Å². The summed E-state index contributed by atoms with van der Waals surface area (Å²) in [6.45, 7) is 7.31. The highest BCUT2D eigenvalue weighted by molar-refractivity contribution is 5.86. The smallest absolute Gasteiger partial charge is 0.354 e. The highest BCUT2D eigenvalue weighted by Crippen LogP contribution is 2.07. The van der Waals surface area contributed by atoms with Gasteiger partial charge in [0.2, 0.25) is 0 Å². The van der Waals surface area contributed by atoms with E-state index >= 15 is 0 Å². The summed E-state index contributed by atoms with van der Waals surface area (Å²) in [6, 6.07) is 3.20. The molecule has 5 nitrogen and oxygen atoms in total. The van der Waals surface area contributed by atoms with Crippen molar-refractivity contribution < 1.29 is 14.6 Å². The Kier molecular flexibility index (Phi) is 5.16. The fraction of sp³-hybridized carbons (Fsp3) is 0.333. The van der Waals surface area contributed by atoms with Crippen LogP contribution in [0.3, 0.4) is 0 Å². The lowest BCUT2D eigenvalue weighted by Crippen LogP contribution is -2.11. The van der Waals surface area contributed by atoms with Gasteiger partial charge in [-0.1, -0.05) is 12.2 Å². The third kappa shape index (κ3) is 5.12. The van der Waals surface area contributed by atoms with Gasteiger partial charge < -0.3 is 15.2 Å². The van der Waals surface area contributed by atoms with Crippen LogP contribution in [0, 0.1) is 0 Å². The maximum Gasteiger partial charge on any atom is 0.354 e. The molecule has 0 aliphatic heterocycles. The number of aromatic nitrogens is 1. The molecule has 0 aromatic carbocycles. The highest BCUT2D eigenvalue weighted by atomic mass is 16.5. The number of pyridine rings is 1. The number of anilines is 1. The van der Waals surface area contributed by atoms with Gasteiger partial charge in [-0.3, -0.25) is 0 Å². The van der Waals surface area contributed by atoms with Crippen LogP contribution < -0.4 is 5.32 Å². The molecule has 5 heteroatoms. The molecule has 0 aliphatic rings. The van der Waals surface area contributed by atoms with E-state index in [1.807, 2.05) is 6.92 Å². The SMILES string of the molecule is C=C(C)COCCNc1ccnc(C(=O)O)c1. The minimum absolute atomic E-state index is 0.0258. The minimum Gasteiger partial charge on any atom is -0.477 e. The van der Waals surface area contributed by atoms with Crippen LogP contribution in [0.1, 0.15) is 17.4 Å². The quantitative estimate of drug-likeness (QED) is 0.557. The summed E-state index contributed by atoms with van der Waals surface area (Å²) in [6.07, 6.45) is 1.46. The van der Waals surface area contributed by atoms with E-state index in [-0.39, 0.29) is 5.69 Å². The Labute approximate surface area is 100 Å². The van der Waals surface area contributed by atoms with Gasteiger partial charge in [-0.2, -0.15) is 0 Å². The summed E-state index contributed by atoms with van der Waals surface area (Å²) in [5.41, 5.74) is 1.72. The van der Waals surface area contributed by atoms with Gasteiger partial charge in [0.15, 0.2) is 0 Å². The van der Waals surface area contributed by atoms with Crippen molar-refractivity contribution in [2.75, 3.05) is 25.1 Å². The first-order chi connectivity index (χ1) is 8.09. The van der Waals surface area contributed by atoms with E-state index in [2.05, 4.69) is 16.9 Å². The summed E-state index contributed by atoms with van der Waals surface area (Å²) in [7, 11) is 0. The molecule has 0 fully saturated rings. The molecule has 0 atom stereocenters. The number of hydrogen-bond donors (Lipinski definition) is 2. The molecule has 1 aromatic heterocycles. The first-order valence-corrected chi connectivity index (χ1v) is 5.25. The molecule has 0 radical (unpaired) electrons. The Bertz CT molecular complexity index is 404. The molecule has 1 heterocycles. The first-order valence-electron chi connectivity index (χ1n) is 5.25. The summed E-state index contributed by atoms with van der Waals surface area (Å²) in [5.74, 6) is -1.04. The van der Waals surface area contributed by atoms with Crippen molar-refractivity contribution >= 4 is 11.7 Å². The Hall–Kier alpha value is -1.88. The summed E-state index contributed by atoms with van der Waals surface area (Å²) in [5, 5.41) is 11.8. The molecule has 0 saturated carbocycles. The Balaban J connectivity index is 2.34. The van der Waals surface area contributed by atoms with Gasteiger partial charge in [0.1, 0.15) is 5.69 Å². The molecule has 0 saturated heterocycles. The monoisotopic (exact) mass is 236 g/mol. The lowest BCUT2D eigenvalue weighted by atomic mass is 10.3. The lowest BCUT2D eigenvalue weighted by Gasteiger charge is -2.07. The van der Waals surface area contributed by atoms with Gasteiger partial charge in [0, 0.05) is 18.4 Å². The number of carbonyl (C=O) groups is 1. The fourth-order valence-electron chi connectivity index (χ4n) is 1.17. The average molecular weight is 236 g/mol. The van der Waals surface area contributed by atoms with E-state index in [4.69, 9.17) is 9.84 Å². The molecule has 92 valence electrons. The van der Waals surface area contributed by atoms with Crippen LogP contribution in [0.4, 0.5) is 5.69 Å². The lowest BCUT2D eigenvalue weighted by molar-refractivity contribution is 0.0690. The van der Waals surface area contributed by atoms with Crippen molar-refractivity contribution in [1.29, 1.82) is 0 Å². The maximum atomic E-state index is 10.7. The van der Waals surface area contributed by atoms with Crippen LogP contribution in [-0.2, 0) is 4.74 Å². The Morgan fingerprint density at radius 2 is 2.41 bits per heavy atom. The van der Waals surface area contributed by atoms with Crippen LogP contribution in [-0.4, -0.2) is 35.8 Å². The van der Waals surface area contributed by atoms with Crippen molar-refractivity contribution in [1.82, 2.24) is 4.98 Å². The van der Waals surface area contributed by atoms with Crippen molar-refractivity contribution in [2.45, 2.75) is 6.92 Å². The van der Waals surface area contributed by atoms with E-state index in [0.717, 1.165) is 11.3 Å². The topological polar surface area (TPSA) is 71.5 Å². The van der Waals surface area contributed by atoms with Crippen LogP contribution in [0.5, 0.6) is 0 Å². The van der Waals surface area contributed by atoms with Gasteiger partial charge >= 0.3 is 5.97 Å². The predicted molar refractivity (Wildman–Crippen MR) is 65.3 cm³/mol. The number of rotatable bonds is 7. The largest absolute Gasteiger partial charge is 0.477 e. The van der Waals surface area contributed by atoms with E-state index in [1.165, 1.54) is 12.3 Å². The van der Waals surface area contributed by atoms with Gasteiger partial charge in [-0.15, -0.1) is 0 Å². The zero-order valence-electron chi connectivity index (χ0n) is 9.77. The Morgan fingerprint density at radius 1 is 1.65 bits per heavy atom. The molecule has 1 aromatic rings. The molecule has 17 heavy (non-hydrogen) atoms. The molecule has 1 rings (SSSR count). The first kappa shape index (κ1) is 13.2. The molecule has 2 N–H and O–H groups in total. The normalized spacial score (nSPS) is 9.94. The van der Waals surface area contributed by atoms with Crippen molar-refractivity contribution in [2.24, 2.45) is 0 Å². The predicted octanol–water partition coefficient (Wildman–Crippen LogP) is 1.78. The molecular formula is C12H16N2O3. The molecule has 0 unspecified atom stereocenters. The zero-order chi connectivity index (χ0) is 12.7. The number of nitrogens with zero attached hydrogens (tertiary/aromatic N) is 1. The van der Waals surface area contributed by atoms with Crippen LogP contribution in [0.15, 0.2) is 30.5 Å². The molecule has 0 bridgehead atoms. The van der Waals surface area contributed by atoms with E-state index in [9.17, 15) is 4.79 Å². The molecule has 0 spiro atoms. The van der Waals surface area contributed by atoms with Gasteiger partial charge in [-0.05, 0) is 19.1 Å². The minimum atomic E-state index is -1.04. The van der Waals surface area contributed by atoms with Gasteiger partial charge in [-0.25, -0.2) is 9.78 Å². The third-order valence-electron chi connectivity index (χ3n) is 1.90. The number of hydrogen-bond acceptors (Lipinski definition) is 4. The van der Waals surface area contributed by atoms with E-state index in [0.29, 0.717) is 19.8 Å². The second-order valence-electron chi connectivity index (χ2n) is 3.67. The standard InChI is InChI=1S/C12H16N2O3/c1-9(2)8-17-6-5-13-10-3-4-14-11(7-10)12(15)16/h3-4,7H,1,5-6,8H2,2H3,(H,13,14)(H,15,16). The van der Waals surface area contributed by atoms with E-state index in [1.54, 1.807) is 6.07 Å². The number of aromatic carboxylic acids is 1. The van der Waals surface area contributed by atoms with Crippen LogP contribution in [0.2, 0.25) is 0 Å².